The summed E-state index contributed by atoms with van der Waals surface area (Å²) < 4.78 is 9.22. The molecule has 0 aliphatic carbocycles. The topological polar surface area (TPSA) is 85.2 Å². The van der Waals surface area contributed by atoms with Gasteiger partial charge in [-0.15, -0.1) is 0 Å². The molecule has 0 saturated heterocycles. The maximum absolute atomic E-state index is 11.2. The van der Waals surface area contributed by atoms with Crippen LogP contribution in [0, 0.1) is 0 Å². The van der Waals surface area contributed by atoms with Crippen molar-refractivity contribution in [1.82, 2.24) is 9.97 Å². The molecule has 6 nitrogen and oxygen atoms in total. The monoisotopic (exact) mass is 194 g/mol. The van der Waals surface area contributed by atoms with Crippen molar-refractivity contribution in [2.75, 3.05) is 7.11 Å². The predicted molar refractivity (Wildman–Crippen MR) is 46.0 cm³/mol. The predicted octanol–water partition coefficient (Wildman–Crippen LogP) is 0.303. The van der Waals surface area contributed by atoms with Crippen molar-refractivity contribution in [3.05, 3.63) is 28.5 Å². The highest BCUT2D eigenvalue weighted by molar-refractivity contribution is 5.98. The van der Waals surface area contributed by atoms with Crippen LogP contribution in [0.2, 0.25) is 0 Å². The van der Waals surface area contributed by atoms with Gasteiger partial charge in [-0.05, 0) is 6.07 Å². The molecule has 0 radical (unpaired) electrons. The van der Waals surface area contributed by atoms with Gasteiger partial charge in [-0.1, -0.05) is 0 Å². The average molecular weight is 194 g/mol. The molecule has 1 N–H and O–H groups in total. The fraction of sp³-hybridized carbons (Fsp3) is 0.125. The van der Waals surface area contributed by atoms with Gasteiger partial charge < -0.3 is 9.15 Å². The second-order valence-electron chi connectivity index (χ2n) is 2.54. The highest BCUT2D eigenvalue weighted by Gasteiger charge is 2.15. The van der Waals surface area contributed by atoms with Crippen molar-refractivity contribution in [3.8, 4) is 0 Å². The molecular formula is C8H6N2O4. The molecule has 0 saturated carbocycles. The Balaban J connectivity index is 2.76. The van der Waals surface area contributed by atoms with Gasteiger partial charge in [0, 0.05) is 6.20 Å². The summed E-state index contributed by atoms with van der Waals surface area (Å²) in [6.07, 6.45) is 1.39. The molecular weight excluding hydrogens is 188 g/mol. The summed E-state index contributed by atoms with van der Waals surface area (Å²) >= 11 is 0. The SMILES string of the molecule is COC(=O)c1nccc2[nH]c(=O)oc12. The van der Waals surface area contributed by atoms with Crippen LogP contribution in [0.5, 0.6) is 0 Å². The van der Waals surface area contributed by atoms with Gasteiger partial charge in [0.05, 0.1) is 12.6 Å². The van der Waals surface area contributed by atoms with Crippen LogP contribution < -0.4 is 5.76 Å². The van der Waals surface area contributed by atoms with Gasteiger partial charge >= 0.3 is 11.7 Å². The highest BCUT2D eigenvalue weighted by Crippen LogP contribution is 2.13. The molecule has 0 unspecified atom stereocenters. The number of oxazole rings is 1. The minimum atomic E-state index is -0.640. The first-order chi connectivity index (χ1) is 6.72. The number of carbonyl (C=O) groups is 1. The van der Waals surface area contributed by atoms with E-state index in [-0.39, 0.29) is 11.3 Å². The van der Waals surface area contributed by atoms with Crippen LogP contribution in [0.3, 0.4) is 0 Å². The molecule has 0 aromatic carbocycles. The fourth-order valence-corrected chi connectivity index (χ4v) is 1.12. The lowest BCUT2D eigenvalue weighted by Crippen LogP contribution is -2.04. The van der Waals surface area contributed by atoms with E-state index in [4.69, 9.17) is 4.42 Å². The van der Waals surface area contributed by atoms with Gasteiger partial charge in [-0.3, -0.25) is 4.98 Å². The van der Waals surface area contributed by atoms with Gasteiger partial charge in [0.1, 0.15) is 0 Å². The van der Waals surface area contributed by atoms with E-state index >= 15 is 0 Å². The molecule has 0 bridgehead atoms. The van der Waals surface area contributed by atoms with E-state index in [0.717, 1.165) is 0 Å². The van der Waals surface area contributed by atoms with Crippen molar-refractivity contribution >= 4 is 17.1 Å². The Bertz CT molecular complexity index is 540. The molecule has 14 heavy (non-hydrogen) atoms. The van der Waals surface area contributed by atoms with Gasteiger partial charge in [0.25, 0.3) is 0 Å². The van der Waals surface area contributed by atoms with E-state index in [1.165, 1.54) is 19.4 Å². The minimum Gasteiger partial charge on any atom is -0.464 e. The van der Waals surface area contributed by atoms with Crippen molar-refractivity contribution < 1.29 is 13.9 Å². The number of hydrogen-bond acceptors (Lipinski definition) is 5. The first-order valence-corrected chi connectivity index (χ1v) is 3.78. The number of aromatic nitrogens is 2. The third-order valence-corrected chi connectivity index (χ3v) is 1.71. The molecule has 0 atom stereocenters. The second kappa shape index (κ2) is 2.99. The Kier molecular flexibility index (Phi) is 1.81. The number of hydrogen-bond donors (Lipinski definition) is 1. The fourth-order valence-electron chi connectivity index (χ4n) is 1.12. The molecule has 6 heteroatoms. The Labute approximate surface area is 77.5 Å². The Morgan fingerprint density at radius 3 is 3.14 bits per heavy atom. The summed E-state index contributed by atoms with van der Waals surface area (Å²) in [5.41, 5.74) is 0.526. The molecule has 2 aromatic rings. The van der Waals surface area contributed by atoms with Crippen LogP contribution in [0.15, 0.2) is 21.5 Å². The van der Waals surface area contributed by atoms with Gasteiger partial charge in [0.2, 0.25) is 0 Å². The minimum absolute atomic E-state index is 0.0108. The molecule has 0 spiro atoms. The van der Waals surface area contributed by atoms with E-state index in [9.17, 15) is 9.59 Å². The maximum Gasteiger partial charge on any atom is 0.417 e. The van der Waals surface area contributed by atoms with Crippen LogP contribution in [0.25, 0.3) is 11.1 Å². The largest absolute Gasteiger partial charge is 0.464 e. The second-order valence-corrected chi connectivity index (χ2v) is 2.54. The number of rotatable bonds is 1. The van der Waals surface area contributed by atoms with E-state index in [1.54, 1.807) is 0 Å². The van der Waals surface area contributed by atoms with Crippen molar-refractivity contribution in [3.63, 3.8) is 0 Å². The molecule has 72 valence electrons. The Morgan fingerprint density at radius 2 is 2.43 bits per heavy atom. The summed E-state index contributed by atoms with van der Waals surface area (Å²) in [6.45, 7) is 0. The number of nitrogens with one attached hydrogen (secondary N) is 1. The lowest BCUT2D eigenvalue weighted by atomic mass is 10.3. The zero-order chi connectivity index (χ0) is 10.1. The normalized spacial score (nSPS) is 10.4. The number of methoxy groups -OCH3 is 1. The number of esters is 1. The molecule has 0 amide bonds. The zero-order valence-electron chi connectivity index (χ0n) is 7.23. The number of fused-ring (bicyclic) bond motifs is 1. The zero-order valence-corrected chi connectivity index (χ0v) is 7.23. The Hall–Kier alpha value is -2.11. The van der Waals surface area contributed by atoms with Gasteiger partial charge in [0.15, 0.2) is 11.3 Å². The molecule has 2 aromatic heterocycles. The van der Waals surface area contributed by atoms with Crippen molar-refractivity contribution in [2.24, 2.45) is 0 Å². The highest BCUT2D eigenvalue weighted by atomic mass is 16.5. The summed E-state index contributed by atoms with van der Waals surface area (Å²) in [4.78, 5) is 28.2. The van der Waals surface area contributed by atoms with Gasteiger partial charge in [-0.2, -0.15) is 0 Å². The smallest absolute Gasteiger partial charge is 0.417 e. The molecule has 0 aliphatic heterocycles. The summed E-state index contributed by atoms with van der Waals surface area (Å²) in [5.74, 6) is -1.27. The number of aromatic amines is 1. The van der Waals surface area contributed by atoms with Crippen LogP contribution in [-0.4, -0.2) is 23.0 Å². The van der Waals surface area contributed by atoms with Crippen LogP contribution >= 0.6 is 0 Å². The summed E-state index contributed by atoms with van der Waals surface area (Å²) in [6, 6.07) is 1.53. The first kappa shape index (κ1) is 8.49. The lowest BCUT2D eigenvalue weighted by Gasteiger charge is -1.96. The van der Waals surface area contributed by atoms with E-state index in [2.05, 4.69) is 14.7 Å². The molecule has 0 fully saturated rings. The number of ether oxygens (including phenoxy) is 1. The van der Waals surface area contributed by atoms with Crippen LogP contribution in [0.1, 0.15) is 10.5 Å². The van der Waals surface area contributed by atoms with E-state index in [1.807, 2.05) is 0 Å². The number of carbonyl (C=O) groups excluding carboxylic acids is 1. The summed E-state index contributed by atoms with van der Waals surface area (Å²) in [5, 5.41) is 0. The van der Waals surface area contributed by atoms with E-state index < -0.39 is 11.7 Å². The van der Waals surface area contributed by atoms with Gasteiger partial charge in [-0.25, -0.2) is 14.6 Å². The third-order valence-electron chi connectivity index (χ3n) is 1.71. The quantitative estimate of drug-likeness (QED) is 0.660. The standard InChI is InChI=1S/C8H6N2O4/c1-13-7(11)5-6-4(2-3-9-5)10-8(12)14-6/h2-3H,1H3,(H,10,12). The van der Waals surface area contributed by atoms with Crippen LogP contribution in [-0.2, 0) is 4.74 Å². The lowest BCUT2D eigenvalue weighted by molar-refractivity contribution is 0.0595. The maximum atomic E-state index is 11.2. The molecule has 2 rings (SSSR count). The van der Waals surface area contributed by atoms with Crippen molar-refractivity contribution in [2.45, 2.75) is 0 Å². The third kappa shape index (κ3) is 1.17. The molecule has 0 aliphatic rings. The van der Waals surface area contributed by atoms with Crippen LogP contribution in [0.4, 0.5) is 0 Å². The van der Waals surface area contributed by atoms with Crippen molar-refractivity contribution in [1.29, 1.82) is 0 Å². The van der Waals surface area contributed by atoms with E-state index in [0.29, 0.717) is 5.52 Å². The summed E-state index contributed by atoms with van der Waals surface area (Å²) in [7, 11) is 1.23. The number of H-pyrrole nitrogens is 1. The number of nitrogens with zero attached hydrogens (tertiary/aromatic N) is 1. The average Bonchev–Trinajstić information content (AvgIpc) is 2.56. The number of pyridine rings is 1. The Morgan fingerprint density at radius 1 is 1.64 bits per heavy atom. The first-order valence-electron chi connectivity index (χ1n) is 3.78. The molecule has 2 heterocycles.